The second-order valence-electron chi connectivity index (χ2n) is 5.09. The normalized spacial score (nSPS) is 19.0. The van der Waals surface area contributed by atoms with Gasteiger partial charge in [-0.15, -0.1) is 0 Å². The number of methoxy groups -OCH3 is 1. The Bertz CT molecular complexity index is 560. The van der Waals surface area contributed by atoms with Crippen molar-refractivity contribution >= 4 is 28.5 Å². The average Bonchev–Trinajstić information content (AvgIpc) is 2.56. The molecule has 0 spiro atoms. The van der Waals surface area contributed by atoms with Crippen LogP contribution in [0.2, 0.25) is 0 Å². The Morgan fingerprint density at radius 1 is 1.43 bits per heavy atom. The van der Waals surface area contributed by atoms with E-state index in [2.05, 4.69) is 22.6 Å². The molecule has 0 fully saturated rings. The molecular formula is C14H15F3INO2. The maximum atomic E-state index is 12.6. The molecule has 0 N–H and O–H groups in total. The highest BCUT2D eigenvalue weighted by molar-refractivity contribution is 14.1. The van der Waals surface area contributed by atoms with Crippen molar-refractivity contribution in [1.82, 2.24) is 4.90 Å². The summed E-state index contributed by atoms with van der Waals surface area (Å²) in [5.74, 6) is -1.20. The first kappa shape index (κ1) is 16.4. The molecule has 1 atom stereocenters. The van der Waals surface area contributed by atoms with Crippen molar-refractivity contribution in [3.05, 3.63) is 26.8 Å². The minimum atomic E-state index is -4.82. The summed E-state index contributed by atoms with van der Waals surface area (Å²) in [6.45, 7) is 1.98. The number of ether oxygens (including phenoxy) is 1. The van der Waals surface area contributed by atoms with Crippen molar-refractivity contribution in [2.45, 2.75) is 25.4 Å². The van der Waals surface area contributed by atoms with Crippen molar-refractivity contribution in [3.63, 3.8) is 0 Å². The standard InChI is InChI=1S/C14H15F3INO2/c1-8-7-19(13(20)14(15,16)17)4-3-9-5-12(21-2)11(18)6-10(8)9/h5-6,8H,3-4,7H2,1-2H3. The quantitative estimate of drug-likeness (QED) is 0.662. The Morgan fingerprint density at radius 3 is 2.67 bits per heavy atom. The molecule has 1 aliphatic heterocycles. The molecule has 0 saturated carbocycles. The van der Waals surface area contributed by atoms with Crippen molar-refractivity contribution < 1.29 is 22.7 Å². The second-order valence-corrected chi connectivity index (χ2v) is 6.25. The summed E-state index contributed by atoms with van der Waals surface area (Å²) in [4.78, 5) is 12.3. The third-order valence-electron chi connectivity index (χ3n) is 3.62. The predicted octanol–water partition coefficient (Wildman–Crippen LogP) is 3.35. The average molecular weight is 413 g/mol. The van der Waals surface area contributed by atoms with Gasteiger partial charge in [0.05, 0.1) is 10.7 Å². The lowest BCUT2D eigenvalue weighted by molar-refractivity contribution is -0.185. The molecule has 1 amide bonds. The van der Waals surface area contributed by atoms with Crippen molar-refractivity contribution in [3.8, 4) is 5.75 Å². The third-order valence-corrected chi connectivity index (χ3v) is 4.46. The van der Waals surface area contributed by atoms with Crippen LogP contribution in [0.5, 0.6) is 5.75 Å². The summed E-state index contributed by atoms with van der Waals surface area (Å²) in [6.07, 6.45) is -4.42. The van der Waals surface area contributed by atoms with Crippen LogP contribution in [0.1, 0.15) is 24.0 Å². The first-order chi connectivity index (χ1) is 9.74. The number of benzene rings is 1. The molecular weight excluding hydrogens is 398 g/mol. The zero-order valence-corrected chi connectivity index (χ0v) is 13.8. The van der Waals surface area contributed by atoms with Crippen LogP contribution >= 0.6 is 22.6 Å². The van der Waals surface area contributed by atoms with Gasteiger partial charge in [-0.3, -0.25) is 4.79 Å². The van der Waals surface area contributed by atoms with Gasteiger partial charge in [-0.1, -0.05) is 6.92 Å². The van der Waals surface area contributed by atoms with E-state index in [-0.39, 0.29) is 19.0 Å². The van der Waals surface area contributed by atoms with Crippen LogP contribution < -0.4 is 4.74 Å². The predicted molar refractivity (Wildman–Crippen MR) is 80.5 cm³/mol. The topological polar surface area (TPSA) is 29.5 Å². The van der Waals surface area contributed by atoms with Crippen molar-refractivity contribution in [1.29, 1.82) is 0 Å². The monoisotopic (exact) mass is 413 g/mol. The highest BCUT2D eigenvalue weighted by atomic mass is 127. The van der Waals surface area contributed by atoms with Gasteiger partial charge in [-0.05, 0) is 58.2 Å². The number of nitrogens with zero attached hydrogens (tertiary/aromatic N) is 1. The maximum Gasteiger partial charge on any atom is 0.471 e. The largest absolute Gasteiger partial charge is 0.496 e. The molecule has 2 rings (SSSR count). The fraction of sp³-hybridized carbons (Fsp3) is 0.500. The number of hydrogen-bond acceptors (Lipinski definition) is 2. The summed E-state index contributed by atoms with van der Waals surface area (Å²) in [5.41, 5.74) is 1.93. The van der Waals surface area contributed by atoms with E-state index in [9.17, 15) is 18.0 Å². The van der Waals surface area contributed by atoms with Crippen molar-refractivity contribution in [2.24, 2.45) is 0 Å². The summed E-state index contributed by atoms with van der Waals surface area (Å²) in [6, 6.07) is 3.79. The van der Waals surface area contributed by atoms with Crippen LogP contribution in [0.15, 0.2) is 12.1 Å². The number of alkyl halides is 3. The molecule has 1 aromatic rings. The van der Waals surface area contributed by atoms with E-state index in [0.717, 1.165) is 19.6 Å². The van der Waals surface area contributed by atoms with Gasteiger partial charge in [-0.25, -0.2) is 0 Å². The van der Waals surface area contributed by atoms with E-state index < -0.39 is 12.1 Å². The highest BCUT2D eigenvalue weighted by Crippen LogP contribution is 2.33. The van der Waals surface area contributed by atoms with Crippen LogP contribution in [0, 0.1) is 3.57 Å². The molecule has 1 heterocycles. The number of hydrogen-bond donors (Lipinski definition) is 0. The Hall–Kier alpha value is -0.990. The van der Waals surface area contributed by atoms with Gasteiger partial charge in [0.1, 0.15) is 5.75 Å². The number of halogens is 4. The van der Waals surface area contributed by atoms with E-state index in [4.69, 9.17) is 4.74 Å². The lowest BCUT2D eigenvalue weighted by Gasteiger charge is -2.24. The molecule has 0 aromatic heterocycles. The second kappa shape index (κ2) is 6.02. The van der Waals surface area contributed by atoms with Crippen LogP contribution in [0.3, 0.4) is 0 Å². The molecule has 1 unspecified atom stereocenters. The molecule has 1 aromatic carbocycles. The van der Waals surface area contributed by atoms with Gasteiger partial charge < -0.3 is 9.64 Å². The Balaban J connectivity index is 2.31. The third kappa shape index (κ3) is 3.44. The number of fused-ring (bicyclic) bond motifs is 1. The molecule has 0 bridgehead atoms. The minimum Gasteiger partial charge on any atom is -0.496 e. The van der Waals surface area contributed by atoms with Crippen LogP contribution in [0.25, 0.3) is 0 Å². The Kier molecular flexibility index (Phi) is 4.69. The summed E-state index contributed by atoms with van der Waals surface area (Å²) in [7, 11) is 1.56. The van der Waals surface area contributed by atoms with Gasteiger partial charge >= 0.3 is 12.1 Å². The molecule has 116 valence electrons. The molecule has 1 aliphatic rings. The van der Waals surface area contributed by atoms with E-state index >= 15 is 0 Å². The zero-order valence-electron chi connectivity index (χ0n) is 11.6. The molecule has 0 aliphatic carbocycles. The highest BCUT2D eigenvalue weighted by Gasteiger charge is 2.43. The zero-order chi connectivity index (χ0) is 15.8. The Morgan fingerprint density at radius 2 is 2.10 bits per heavy atom. The van der Waals surface area contributed by atoms with Gasteiger partial charge in [-0.2, -0.15) is 13.2 Å². The molecule has 0 saturated heterocycles. The van der Waals surface area contributed by atoms with E-state index in [0.29, 0.717) is 12.2 Å². The lowest BCUT2D eigenvalue weighted by atomic mass is 9.95. The SMILES string of the molecule is COc1cc2c(cc1I)C(C)CN(C(=O)C(F)(F)F)CC2. The van der Waals surface area contributed by atoms with Gasteiger partial charge in [0.2, 0.25) is 0 Å². The lowest BCUT2D eigenvalue weighted by Crippen LogP contribution is -2.42. The van der Waals surface area contributed by atoms with Crippen molar-refractivity contribution in [2.75, 3.05) is 20.2 Å². The summed E-state index contributed by atoms with van der Waals surface area (Å²) in [5, 5.41) is 0. The van der Waals surface area contributed by atoms with Crippen LogP contribution in [-0.4, -0.2) is 37.2 Å². The minimum absolute atomic E-state index is 0.0689. The van der Waals surface area contributed by atoms with E-state index in [1.807, 2.05) is 19.1 Å². The first-order valence-electron chi connectivity index (χ1n) is 6.46. The van der Waals surface area contributed by atoms with Gasteiger partial charge in [0.25, 0.3) is 0 Å². The fourth-order valence-corrected chi connectivity index (χ4v) is 3.29. The smallest absolute Gasteiger partial charge is 0.471 e. The van der Waals surface area contributed by atoms with E-state index in [1.165, 1.54) is 0 Å². The number of rotatable bonds is 1. The molecule has 21 heavy (non-hydrogen) atoms. The first-order valence-corrected chi connectivity index (χ1v) is 7.54. The molecule has 0 radical (unpaired) electrons. The summed E-state index contributed by atoms with van der Waals surface area (Å²) < 4.78 is 43.9. The van der Waals surface area contributed by atoms with Crippen LogP contribution in [0.4, 0.5) is 13.2 Å². The van der Waals surface area contributed by atoms with E-state index in [1.54, 1.807) is 7.11 Å². The number of carbonyl (C=O) groups is 1. The molecule has 3 nitrogen and oxygen atoms in total. The Labute approximate surface area is 134 Å². The van der Waals surface area contributed by atoms with Gasteiger partial charge in [0.15, 0.2) is 0 Å². The fourth-order valence-electron chi connectivity index (χ4n) is 2.58. The number of carbonyl (C=O) groups excluding carboxylic acids is 1. The number of amides is 1. The molecule has 7 heteroatoms. The summed E-state index contributed by atoms with van der Waals surface area (Å²) >= 11 is 2.14. The van der Waals surface area contributed by atoms with Gasteiger partial charge in [0, 0.05) is 13.1 Å². The maximum absolute atomic E-state index is 12.6. The van der Waals surface area contributed by atoms with Crippen LogP contribution in [-0.2, 0) is 11.2 Å².